The van der Waals surface area contributed by atoms with Gasteiger partial charge in [0.25, 0.3) is 5.91 Å². The van der Waals surface area contributed by atoms with E-state index in [1.165, 1.54) is 31.2 Å². The molecule has 0 aliphatic heterocycles. The molecule has 6 heteroatoms. The quantitative estimate of drug-likeness (QED) is 0.877. The third-order valence-electron chi connectivity index (χ3n) is 3.24. The van der Waals surface area contributed by atoms with Gasteiger partial charge in [-0.1, -0.05) is 11.6 Å². The highest BCUT2D eigenvalue weighted by Gasteiger charge is 2.31. The van der Waals surface area contributed by atoms with Crippen molar-refractivity contribution >= 4 is 23.2 Å². The van der Waals surface area contributed by atoms with Gasteiger partial charge in [-0.25, -0.2) is 4.39 Å². The van der Waals surface area contributed by atoms with Crippen LogP contribution in [0.2, 0.25) is 5.02 Å². The van der Waals surface area contributed by atoms with Crippen molar-refractivity contribution in [3.8, 4) is 5.75 Å². The zero-order valence-electron chi connectivity index (χ0n) is 12.8. The molecule has 0 bridgehead atoms. The van der Waals surface area contributed by atoms with E-state index >= 15 is 0 Å². The van der Waals surface area contributed by atoms with E-state index < -0.39 is 11.5 Å². The van der Waals surface area contributed by atoms with Crippen molar-refractivity contribution in [2.75, 3.05) is 11.9 Å². The molecule has 0 aliphatic rings. The van der Waals surface area contributed by atoms with Crippen LogP contribution in [0, 0.1) is 12.7 Å². The van der Waals surface area contributed by atoms with Crippen molar-refractivity contribution in [1.82, 2.24) is 0 Å². The van der Waals surface area contributed by atoms with Crippen LogP contribution in [0.1, 0.15) is 12.5 Å². The molecule has 0 saturated carbocycles. The zero-order chi connectivity index (χ0) is 17.0. The zero-order valence-corrected chi connectivity index (χ0v) is 13.5. The molecule has 122 valence electrons. The lowest BCUT2D eigenvalue weighted by Gasteiger charge is -2.22. The van der Waals surface area contributed by atoms with E-state index in [-0.39, 0.29) is 12.4 Å². The van der Waals surface area contributed by atoms with Crippen LogP contribution in [0.4, 0.5) is 10.1 Å². The third-order valence-corrected chi connectivity index (χ3v) is 3.66. The maximum absolute atomic E-state index is 12.8. The standard InChI is InChI=1S/C17H17ClFNO3/c1-11-9-13(5-8-15(11)18)20-16(21)17(2,22)10-23-14-6-3-12(19)4-7-14/h3-9,22H,10H2,1-2H3,(H,20,21). The van der Waals surface area contributed by atoms with Crippen LogP contribution in [0.5, 0.6) is 5.75 Å². The number of rotatable bonds is 5. The molecule has 2 aromatic rings. The Kier molecular flexibility index (Phi) is 5.23. The van der Waals surface area contributed by atoms with E-state index in [0.29, 0.717) is 16.5 Å². The molecule has 4 nitrogen and oxygen atoms in total. The van der Waals surface area contributed by atoms with Gasteiger partial charge in [0, 0.05) is 10.7 Å². The Bertz CT molecular complexity index is 701. The predicted molar refractivity (Wildman–Crippen MR) is 87.3 cm³/mol. The number of anilines is 1. The van der Waals surface area contributed by atoms with Gasteiger partial charge >= 0.3 is 0 Å². The number of ether oxygens (including phenoxy) is 1. The van der Waals surface area contributed by atoms with Crippen LogP contribution in [-0.2, 0) is 4.79 Å². The highest BCUT2D eigenvalue weighted by atomic mass is 35.5. The van der Waals surface area contributed by atoms with Gasteiger partial charge in [0.1, 0.15) is 18.2 Å². The fourth-order valence-corrected chi connectivity index (χ4v) is 1.93. The Labute approximate surface area is 138 Å². The van der Waals surface area contributed by atoms with E-state index in [4.69, 9.17) is 16.3 Å². The van der Waals surface area contributed by atoms with Crippen LogP contribution in [0.15, 0.2) is 42.5 Å². The molecular formula is C17H17ClFNO3. The fourth-order valence-electron chi connectivity index (χ4n) is 1.81. The Morgan fingerprint density at radius 2 is 1.96 bits per heavy atom. The van der Waals surface area contributed by atoms with Gasteiger partial charge in [-0.3, -0.25) is 4.79 Å². The highest BCUT2D eigenvalue weighted by molar-refractivity contribution is 6.31. The van der Waals surface area contributed by atoms with Crippen LogP contribution in [-0.4, -0.2) is 23.2 Å². The molecule has 1 amide bonds. The number of hydrogen-bond donors (Lipinski definition) is 2. The van der Waals surface area contributed by atoms with Crippen LogP contribution < -0.4 is 10.1 Å². The largest absolute Gasteiger partial charge is 0.490 e. The van der Waals surface area contributed by atoms with Crippen molar-refractivity contribution in [3.63, 3.8) is 0 Å². The van der Waals surface area contributed by atoms with Gasteiger partial charge in [-0.2, -0.15) is 0 Å². The Morgan fingerprint density at radius 1 is 1.30 bits per heavy atom. The van der Waals surface area contributed by atoms with Crippen LogP contribution in [0.3, 0.4) is 0 Å². The summed E-state index contributed by atoms with van der Waals surface area (Å²) in [5.41, 5.74) is -0.410. The predicted octanol–water partition coefficient (Wildman–Crippen LogP) is 3.56. The number of hydrogen-bond acceptors (Lipinski definition) is 3. The van der Waals surface area contributed by atoms with Crippen molar-refractivity contribution < 1.29 is 19.0 Å². The molecule has 2 rings (SSSR count). The number of carbonyl (C=O) groups is 1. The number of aryl methyl sites for hydroxylation is 1. The molecule has 23 heavy (non-hydrogen) atoms. The summed E-state index contributed by atoms with van der Waals surface area (Å²) in [6.07, 6.45) is 0. The molecular weight excluding hydrogens is 321 g/mol. The summed E-state index contributed by atoms with van der Waals surface area (Å²) in [5.74, 6) is -0.636. The number of halogens is 2. The monoisotopic (exact) mass is 337 g/mol. The van der Waals surface area contributed by atoms with Gasteiger partial charge < -0.3 is 15.2 Å². The van der Waals surface area contributed by atoms with E-state index in [0.717, 1.165) is 5.56 Å². The lowest BCUT2D eigenvalue weighted by molar-refractivity contribution is -0.135. The number of carbonyl (C=O) groups excluding carboxylic acids is 1. The van der Waals surface area contributed by atoms with Crippen LogP contribution >= 0.6 is 11.6 Å². The molecule has 2 aromatic carbocycles. The molecule has 0 fully saturated rings. The van der Waals surface area contributed by atoms with Crippen molar-refractivity contribution in [2.45, 2.75) is 19.4 Å². The Balaban J connectivity index is 1.98. The maximum atomic E-state index is 12.8. The van der Waals surface area contributed by atoms with E-state index in [1.807, 2.05) is 6.92 Å². The number of amides is 1. The lowest BCUT2D eigenvalue weighted by Crippen LogP contribution is -2.45. The van der Waals surface area contributed by atoms with E-state index in [2.05, 4.69) is 5.32 Å². The average Bonchev–Trinajstić information content (AvgIpc) is 2.50. The Hall–Kier alpha value is -2.11. The minimum absolute atomic E-state index is 0.267. The molecule has 1 unspecified atom stereocenters. The molecule has 0 radical (unpaired) electrons. The first-order chi connectivity index (χ1) is 10.8. The second-order valence-electron chi connectivity index (χ2n) is 5.43. The fraction of sp³-hybridized carbons (Fsp3) is 0.235. The Morgan fingerprint density at radius 3 is 2.57 bits per heavy atom. The SMILES string of the molecule is Cc1cc(NC(=O)C(C)(O)COc2ccc(F)cc2)ccc1Cl. The second kappa shape index (κ2) is 6.98. The van der Waals surface area contributed by atoms with E-state index in [1.54, 1.807) is 18.2 Å². The summed E-state index contributed by atoms with van der Waals surface area (Å²) < 4.78 is 18.1. The minimum Gasteiger partial charge on any atom is -0.490 e. The number of nitrogens with one attached hydrogen (secondary N) is 1. The third kappa shape index (κ3) is 4.68. The molecule has 0 heterocycles. The molecule has 0 spiro atoms. The van der Waals surface area contributed by atoms with Gasteiger partial charge in [-0.05, 0) is 61.9 Å². The molecule has 0 aliphatic carbocycles. The van der Waals surface area contributed by atoms with Crippen molar-refractivity contribution in [1.29, 1.82) is 0 Å². The normalized spacial score (nSPS) is 13.3. The lowest BCUT2D eigenvalue weighted by atomic mass is 10.1. The summed E-state index contributed by atoms with van der Waals surface area (Å²) in [5, 5.41) is 13.4. The van der Waals surface area contributed by atoms with Crippen LogP contribution in [0.25, 0.3) is 0 Å². The number of aliphatic hydroxyl groups is 1. The summed E-state index contributed by atoms with van der Waals surface area (Å²) in [7, 11) is 0. The van der Waals surface area contributed by atoms with Gasteiger partial charge in [-0.15, -0.1) is 0 Å². The van der Waals surface area contributed by atoms with Gasteiger partial charge in [0.05, 0.1) is 0 Å². The highest BCUT2D eigenvalue weighted by Crippen LogP contribution is 2.21. The van der Waals surface area contributed by atoms with Crippen molar-refractivity contribution in [3.05, 3.63) is 58.9 Å². The second-order valence-corrected chi connectivity index (χ2v) is 5.84. The van der Waals surface area contributed by atoms with Crippen molar-refractivity contribution in [2.24, 2.45) is 0 Å². The summed E-state index contributed by atoms with van der Waals surface area (Å²) in [6, 6.07) is 10.3. The summed E-state index contributed by atoms with van der Waals surface area (Å²) >= 11 is 5.93. The molecule has 0 saturated heterocycles. The minimum atomic E-state index is -1.75. The van der Waals surface area contributed by atoms with E-state index in [9.17, 15) is 14.3 Å². The smallest absolute Gasteiger partial charge is 0.259 e. The first-order valence-corrected chi connectivity index (χ1v) is 7.34. The topological polar surface area (TPSA) is 58.6 Å². The molecule has 1 atom stereocenters. The molecule has 0 aromatic heterocycles. The molecule has 2 N–H and O–H groups in total. The first-order valence-electron chi connectivity index (χ1n) is 6.96. The first kappa shape index (κ1) is 17.2. The summed E-state index contributed by atoms with van der Waals surface area (Å²) in [4.78, 5) is 12.2. The maximum Gasteiger partial charge on any atom is 0.259 e. The summed E-state index contributed by atoms with van der Waals surface area (Å²) in [6.45, 7) is 2.89. The number of benzene rings is 2. The van der Waals surface area contributed by atoms with Gasteiger partial charge in [0.2, 0.25) is 0 Å². The van der Waals surface area contributed by atoms with Gasteiger partial charge in [0.15, 0.2) is 5.60 Å². The average molecular weight is 338 g/mol.